The van der Waals surface area contributed by atoms with E-state index in [0.29, 0.717) is 0 Å². The molecule has 18 aromatic rings. The lowest BCUT2D eigenvalue weighted by Crippen LogP contribution is -1.90. The first-order valence-corrected chi connectivity index (χ1v) is 33.1. The van der Waals surface area contributed by atoms with Crippen LogP contribution in [0.4, 0.5) is 0 Å². The van der Waals surface area contributed by atoms with Crippen LogP contribution in [-0.4, -0.2) is 13.7 Å². The van der Waals surface area contributed by atoms with Gasteiger partial charge in [-0.15, -0.1) is 0 Å². The SMILES string of the molecule is CC.CC.CC.CC.CC.CC.Cn1c2ccccc2c2c3ccccc3c3c4ccccc4ccc3c21.Cn1c2ccccc2c2c3ccccc3c3cc4ccccc4cc3c21.Cn1c2ccccc2c2c3ccccc3c3ccc4ccccc4c3c21. The third-order valence-corrected chi connectivity index (χ3v) is 17.3. The summed E-state index contributed by atoms with van der Waals surface area (Å²) >= 11 is 0. The maximum absolute atomic E-state index is 2.37. The van der Waals surface area contributed by atoms with Crippen LogP contribution in [0.25, 0.3) is 162 Å². The molecule has 0 unspecified atom stereocenters. The van der Waals surface area contributed by atoms with Gasteiger partial charge in [-0.05, 0) is 111 Å². The van der Waals surface area contributed by atoms with Gasteiger partial charge in [0.1, 0.15) is 0 Å². The predicted octanol–water partition coefficient (Wildman–Crippen LogP) is 26.5. The molecule has 15 aromatic carbocycles. The summed E-state index contributed by atoms with van der Waals surface area (Å²) in [6, 6.07) is 92.6. The van der Waals surface area contributed by atoms with Crippen molar-refractivity contribution in [3.63, 3.8) is 0 Å². The molecule has 3 nitrogen and oxygen atoms in total. The van der Waals surface area contributed by atoms with Gasteiger partial charge in [-0.25, -0.2) is 0 Å². The molecule has 0 spiro atoms. The maximum Gasteiger partial charge on any atom is 0.0581 e. The van der Waals surface area contributed by atoms with E-state index < -0.39 is 0 Å². The number of fused-ring (bicyclic) bond motifs is 29. The number of aromatic nitrogens is 3. The Labute approximate surface area is 532 Å². The van der Waals surface area contributed by atoms with E-state index in [4.69, 9.17) is 0 Å². The zero-order chi connectivity index (χ0) is 63.8. The molecule has 0 atom stereocenters. The maximum atomic E-state index is 2.37. The summed E-state index contributed by atoms with van der Waals surface area (Å²) in [5.41, 5.74) is 7.84. The number of para-hydroxylation sites is 3. The van der Waals surface area contributed by atoms with E-state index in [1.807, 2.05) is 83.1 Å². The molecule has 3 heteroatoms. The summed E-state index contributed by atoms with van der Waals surface area (Å²) in [4.78, 5) is 0. The average molecular weight is 1170 g/mol. The van der Waals surface area contributed by atoms with Gasteiger partial charge in [-0.1, -0.05) is 308 Å². The molecule has 3 heterocycles. The standard InChI is InChI=1S/3C25H17N.6C2H6/c1-26-23-13-7-6-12-20(23)24-19-11-5-4-10-18(19)21-14-16-8-2-3-9-17(16)15-22(21)25(24)26;1-26-22-13-7-6-12-21(22)24-19-11-5-4-10-18(19)20-15-14-16-8-2-3-9-17(16)23(20)25(24)26;1-26-22-13-7-6-12-20(22)24-19-11-5-4-10-18(19)23-17-9-3-2-8-16(17)14-15-21(23)25(24)26;6*1-2/h3*2-15H,1H3;6*1-2H3. The Morgan fingerprint density at radius 2 is 0.411 bits per heavy atom. The lowest BCUT2D eigenvalue weighted by atomic mass is 9.93. The first-order chi connectivity index (χ1) is 44.5. The third-order valence-electron chi connectivity index (χ3n) is 17.3. The van der Waals surface area contributed by atoms with Crippen LogP contribution in [0, 0.1) is 0 Å². The average Bonchev–Trinajstić information content (AvgIpc) is 1.51. The summed E-state index contributed by atoms with van der Waals surface area (Å²) in [6.07, 6.45) is 0. The molecule has 0 saturated heterocycles. The first kappa shape index (κ1) is 63.1. The van der Waals surface area contributed by atoms with Crippen LogP contribution in [-0.2, 0) is 21.1 Å². The molecule has 0 aliphatic heterocycles. The van der Waals surface area contributed by atoms with Gasteiger partial charge in [-0.3, -0.25) is 0 Å². The van der Waals surface area contributed by atoms with Crippen molar-refractivity contribution in [2.75, 3.05) is 0 Å². The quantitative estimate of drug-likeness (QED) is 0.106. The van der Waals surface area contributed by atoms with Crippen LogP contribution in [0.3, 0.4) is 0 Å². The number of hydrogen-bond donors (Lipinski definition) is 0. The summed E-state index contributed by atoms with van der Waals surface area (Å²) < 4.78 is 7.08. The fourth-order valence-electron chi connectivity index (χ4n) is 13.9. The van der Waals surface area contributed by atoms with Crippen LogP contribution >= 0.6 is 0 Å². The van der Waals surface area contributed by atoms with Gasteiger partial charge in [0, 0.05) is 86.2 Å². The minimum atomic E-state index is 1.29. The predicted molar refractivity (Wildman–Crippen MR) is 407 cm³/mol. The van der Waals surface area contributed by atoms with Gasteiger partial charge >= 0.3 is 0 Å². The van der Waals surface area contributed by atoms with E-state index in [2.05, 4.69) is 290 Å². The Morgan fingerprint density at radius 3 is 0.844 bits per heavy atom. The van der Waals surface area contributed by atoms with Gasteiger partial charge in [0.15, 0.2) is 0 Å². The Kier molecular flexibility index (Phi) is 19.6. The summed E-state index contributed by atoms with van der Waals surface area (Å²) in [7, 11) is 6.57. The van der Waals surface area contributed by atoms with E-state index in [9.17, 15) is 0 Å². The molecule has 0 fully saturated rings. The molecule has 0 amide bonds. The molecule has 18 rings (SSSR count). The van der Waals surface area contributed by atoms with Gasteiger partial charge in [0.2, 0.25) is 0 Å². The number of nitrogens with zero attached hydrogens (tertiary/aromatic N) is 3. The second-order valence-corrected chi connectivity index (χ2v) is 21.2. The Bertz CT molecular complexity index is 5420. The number of benzene rings is 15. The molecule has 0 aliphatic carbocycles. The van der Waals surface area contributed by atoms with Gasteiger partial charge in [0.25, 0.3) is 0 Å². The molecule has 0 aliphatic rings. The van der Waals surface area contributed by atoms with Crippen molar-refractivity contribution in [2.45, 2.75) is 83.1 Å². The van der Waals surface area contributed by atoms with Crippen LogP contribution in [0.5, 0.6) is 0 Å². The molecule has 0 saturated carbocycles. The summed E-state index contributed by atoms with van der Waals surface area (Å²) in [5, 5.41) is 31.9. The number of hydrogen-bond acceptors (Lipinski definition) is 0. The van der Waals surface area contributed by atoms with E-state index in [-0.39, 0.29) is 0 Å². The third kappa shape index (κ3) is 10.4. The monoisotopic (exact) mass is 1170 g/mol. The van der Waals surface area contributed by atoms with Crippen molar-refractivity contribution in [3.8, 4) is 0 Å². The van der Waals surface area contributed by atoms with Crippen molar-refractivity contribution in [3.05, 3.63) is 255 Å². The number of aryl methyl sites for hydroxylation is 3. The molecule has 3 aromatic heterocycles. The highest BCUT2D eigenvalue weighted by Crippen LogP contribution is 2.46. The smallest absolute Gasteiger partial charge is 0.0581 e. The topological polar surface area (TPSA) is 14.8 Å². The Morgan fingerprint density at radius 1 is 0.167 bits per heavy atom. The second-order valence-electron chi connectivity index (χ2n) is 21.2. The minimum Gasteiger partial charge on any atom is -0.343 e. The van der Waals surface area contributed by atoms with Crippen LogP contribution in [0.1, 0.15) is 83.1 Å². The lowest BCUT2D eigenvalue weighted by Gasteiger charge is -2.12. The molecule has 0 N–H and O–H groups in total. The molecule has 450 valence electrons. The zero-order valence-electron chi connectivity index (χ0n) is 55.6. The number of rotatable bonds is 0. The van der Waals surface area contributed by atoms with Crippen LogP contribution < -0.4 is 0 Å². The van der Waals surface area contributed by atoms with E-state index in [1.54, 1.807) is 0 Å². The highest BCUT2D eigenvalue weighted by Gasteiger charge is 2.20. The van der Waals surface area contributed by atoms with Gasteiger partial charge in [-0.2, -0.15) is 0 Å². The molecular formula is C87H87N3. The lowest BCUT2D eigenvalue weighted by molar-refractivity contribution is 1.02. The Balaban J connectivity index is 0.000000137. The largest absolute Gasteiger partial charge is 0.343 e. The highest BCUT2D eigenvalue weighted by atomic mass is 14.9. The molecule has 0 radical (unpaired) electrons. The van der Waals surface area contributed by atoms with E-state index >= 15 is 0 Å². The van der Waals surface area contributed by atoms with Crippen molar-refractivity contribution >= 4 is 162 Å². The van der Waals surface area contributed by atoms with Crippen molar-refractivity contribution < 1.29 is 0 Å². The van der Waals surface area contributed by atoms with Gasteiger partial charge in [0.05, 0.1) is 16.6 Å². The molecular weight excluding hydrogens is 1090 g/mol. The van der Waals surface area contributed by atoms with Crippen LogP contribution in [0.2, 0.25) is 0 Å². The second kappa shape index (κ2) is 28.0. The van der Waals surface area contributed by atoms with E-state index in [0.717, 1.165) is 0 Å². The summed E-state index contributed by atoms with van der Waals surface area (Å²) in [6.45, 7) is 24.0. The van der Waals surface area contributed by atoms with Crippen molar-refractivity contribution in [1.29, 1.82) is 0 Å². The molecule has 90 heavy (non-hydrogen) atoms. The van der Waals surface area contributed by atoms with Crippen LogP contribution in [0.15, 0.2) is 255 Å². The summed E-state index contributed by atoms with van der Waals surface area (Å²) in [5.74, 6) is 0. The Hall–Kier alpha value is -9.96. The highest BCUT2D eigenvalue weighted by molar-refractivity contribution is 6.38. The minimum absolute atomic E-state index is 1.29. The fourth-order valence-corrected chi connectivity index (χ4v) is 13.9. The normalized spacial score (nSPS) is 10.8. The van der Waals surface area contributed by atoms with Gasteiger partial charge < -0.3 is 13.7 Å². The zero-order valence-corrected chi connectivity index (χ0v) is 55.6. The molecule has 0 bridgehead atoms. The van der Waals surface area contributed by atoms with Crippen molar-refractivity contribution in [2.24, 2.45) is 21.1 Å². The van der Waals surface area contributed by atoms with Crippen molar-refractivity contribution in [1.82, 2.24) is 13.7 Å². The first-order valence-electron chi connectivity index (χ1n) is 33.1. The van der Waals surface area contributed by atoms with E-state index in [1.165, 1.54) is 162 Å². The fraction of sp³-hybridized carbons (Fsp3) is 0.172.